The van der Waals surface area contributed by atoms with Crippen LogP contribution in [0, 0.1) is 11.3 Å². The van der Waals surface area contributed by atoms with Crippen molar-refractivity contribution in [1.29, 1.82) is 5.26 Å². The summed E-state index contributed by atoms with van der Waals surface area (Å²) in [6.07, 6.45) is 8.36. The first kappa shape index (κ1) is 13.4. The van der Waals surface area contributed by atoms with E-state index in [1.54, 1.807) is 6.92 Å². The van der Waals surface area contributed by atoms with Gasteiger partial charge in [0.05, 0.1) is 12.2 Å². The molecule has 4 heteroatoms. The predicted octanol–water partition coefficient (Wildman–Crippen LogP) is 2.29. The Morgan fingerprint density at radius 3 is 2.44 bits per heavy atom. The largest absolute Gasteiger partial charge is 0.365 e. The van der Waals surface area contributed by atoms with Crippen molar-refractivity contribution in [2.45, 2.75) is 76.0 Å². The number of hydrogen-bond donors (Lipinski definition) is 1. The number of ether oxygens (including phenoxy) is 1. The molecule has 2 fully saturated rings. The van der Waals surface area contributed by atoms with Crippen molar-refractivity contribution in [2.24, 2.45) is 0 Å². The Morgan fingerprint density at radius 1 is 1.33 bits per heavy atom. The number of hydrogen-bond acceptors (Lipinski definition) is 3. The van der Waals surface area contributed by atoms with Crippen molar-refractivity contribution in [3.8, 4) is 6.07 Å². The van der Waals surface area contributed by atoms with Gasteiger partial charge >= 0.3 is 0 Å². The van der Waals surface area contributed by atoms with Crippen LogP contribution in [0.2, 0.25) is 0 Å². The van der Waals surface area contributed by atoms with Gasteiger partial charge in [0.15, 0.2) is 0 Å². The molecule has 0 bridgehead atoms. The maximum atomic E-state index is 11.9. The molecule has 100 valence electrons. The van der Waals surface area contributed by atoms with E-state index >= 15 is 0 Å². The third-order valence-electron chi connectivity index (χ3n) is 3.89. The van der Waals surface area contributed by atoms with E-state index in [1.807, 2.05) is 0 Å². The first-order valence-corrected chi connectivity index (χ1v) is 7.04. The van der Waals surface area contributed by atoms with E-state index in [-0.39, 0.29) is 12.0 Å². The molecule has 2 aliphatic carbocycles. The third kappa shape index (κ3) is 3.46. The van der Waals surface area contributed by atoms with E-state index < -0.39 is 11.6 Å². The summed E-state index contributed by atoms with van der Waals surface area (Å²) in [5, 5.41) is 11.7. The van der Waals surface area contributed by atoms with Gasteiger partial charge in [0, 0.05) is 0 Å². The van der Waals surface area contributed by atoms with Gasteiger partial charge in [-0.3, -0.25) is 4.79 Å². The molecule has 0 aromatic heterocycles. The van der Waals surface area contributed by atoms with Crippen LogP contribution in [0.1, 0.15) is 58.3 Å². The Balaban J connectivity index is 1.78. The monoisotopic (exact) mass is 250 g/mol. The number of amides is 1. The van der Waals surface area contributed by atoms with Gasteiger partial charge < -0.3 is 10.1 Å². The lowest BCUT2D eigenvalue weighted by atomic mass is 10.1. The lowest BCUT2D eigenvalue weighted by molar-refractivity contribution is -0.136. The molecule has 1 N–H and O–H groups in total. The fourth-order valence-electron chi connectivity index (χ4n) is 2.46. The highest BCUT2D eigenvalue weighted by Gasteiger charge is 2.45. The SMILES string of the molecule is C[C@H](OC1CCCCCC1)C(=O)NC1(C#N)CC1. The molecule has 0 unspecified atom stereocenters. The van der Waals surface area contributed by atoms with Gasteiger partial charge in [-0.2, -0.15) is 5.26 Å². The lowest BCUT2D eigenvalue weighted by Crippen LogP contribution is -2.43. The quantitative estimate of drug-likeness (QED) is 0.779. The summed E-state index contributed by atoms with van der Waals surface area (Å²) in [6.45, 7) is 1.79. The van der Waals surface area contributed by atoms with E-state index in [1.165, 1.54) is 25.7 Å². The Bertz CT molecular complexity index is 336. The predicted molar refractivity (Wildman–Crippen MR) is 67.8 cm³/mol. The highest BCUT2D eigenvalue weighted by atomic mass is 16.5. The van der Waals surface area contributed by atoms with E-state index in [0.717, 1.165) is 25.7 Å². The number of rotatable bonds is 4. The van der Waals surface area contributed by atoms with Crippen LogP contribution in [0.3, 0.4) is 0 Å². The van der Waals surface area contributed by atoms with Crippen molar-refractivity contribution >= 4 is 5.91 Å². The van der Waals surface area contributed by atoms with Crippen LogP contribution in [0.25, 0.3) is 0 Å². The topological polar surface area (TPSA) is 62.1 Å². The summed E-state index contributed by atoms with van der Waals surface area (Å²) in [5.41, 5.74) is -0.585. The van der Waals surface area contributed by atoms with Gasteiger partial charge in [0.2, 0.25) is 5.91 Å². The molecule has 0 saturated heterocycles. The number of carbonyl (C=O) groups is 1. The summed E-state index contributed by atoms with van der Waals surface area (Å²) in [7, 11) is 0. The molecule has 2 rings (SSSR count). The number of carbonyl (C=O) groups excluding carboxylic acids is 1. The average molecular weight is 250 g/mol. The second-order valence-electron chi connectivity index (χ2n) is 5.58. The van der Waals surface area contributed by atoms with Crippen LogP contribution in [0.5, 0.6) is 0 Å². The molecule has 1 atom stereocenters. The van der Waals surface area contributed by atoms with Crippen molar-refractivity contribution in [3.05, 3.63) is 0 Å². The minimum absolute atomic E-state index is 0.140. The van der Waals surface area contributed by atoms with Gasteiger partial charge in [-0.15, -0.1) is 0 Å². The summed E-state index contributed by atoms with van der Waals surface area (Å²) in [5.74, 6) is -0.140. The molecule has 18 heavy (non-hydrogen) atoms. The zero-order valence-corrected chi connectivity index (χ0v) is 11.1. The molecular weight excluding hydrogens is 228 g/mol. The number of nitriles is 1. The van der Waals surface area contributed by atoms with E-state index in [4.69, 9.17) is 10.00 Å². The van der Waals surface area contributed by atoms with E-state index in [9.17, 15) is 4.79 Å². The Morgan fingerprint density at radius 2 is 1.94 bits per heavy atom. The highest BCUT2D eigenvalue weighted by molar-refractivity contribution is 5.82. The van der Waals surface area contributed by atoms with E-state index in [0.29, 0.717) is 0 Å². The van der Waals surface area contributed by atoms with Gasteiger partial charge in [-0.05, 0) is 32.6 Å². The number of nitrogens with one attached hydrogen (secondary N) is 1. The minimum Gasteiger partial charge on any atom is -0.365 e. The zero-order valence-electron chi connectivity index (χ0n) is 11.1. The molecule has 0 radical (unpaired) electrons. The van der Waals surface area contributed by atoms with Crippen LogP contribution in [0.4, 0.5) is 0 Å². The number of nitrogens with zero attached hydrogens (tertiary/aromatic N) is 1. The molecule has 4 nitrogen and oxygen atoms in total. The highest BCUT2D eigenvalue weighted by Crippen LogP contribution is 2.34. The Hall–Kier alpha value is -1.08. The van der Waals surface area contributed by atoms with Crippen molar-refractivity contribution in [2.75, 3.05) is 0 Å². The average Bonchev–Trinajstić information content (AvgIpc) is 3.14. The molecule has 0 aliphatic heterocycles. The summed E-state index contributed by atoms with van der Waals surface area (Å²) >= 11 is 0. The second-order valence-corrected chi connectivity index (χ2v) is 5.58. The van der Waals surface area contributed by atoms with Crippen LogP contribution in [-0.4, -0.2) is 23.7 Å². The van der Waals surface area contributed by atoms with Gasteiger partial charge in [0.25, 0.3) is 0 Å². The van der Waals surface area contributed by atoms with Crippen molar-refractivity contribution < 1.29 is 9.53 Å². The summed E-state index contributed by atoms with van der Waals surface area (Å²) < 4.78 is 5.83. The standard InChI is InChI=1S/C14H22N2O2/c1-11(13(17)16-14(10-15)8-9-14)18-12-6-4-2-3-5-7-12/h11-12H,2-9H2,1H3,(H,16,17)/t11-/m0/s1. The maximum absolute atomic E-state index is 11.9. The fraction of sp³-hybridized carbons (Fsp3) is 0.857. The molecule has 1 amide bonds. The molecule has 0 aromatic rings. The molecule has 2 aliphatic rings. The minimum atomic E-state index is -0.585. The molecule has 0 heterocycles. The third-order valence-corrected chi connectivity index (χ3v) is 3.89. The van der Waals surface area contributed by atoms with E-state index in [2.05, 4.69) is 11.4 Å². The molecule has 2 saturated carbocycles. The lowest BCUT2D eigenvalue weighted by Gasteiger charge is -2.21. The first-order valence-electron chi connectivity index (χ1n) is 7.04. The van der Waals surface area contributed by atoms with Gasteiger partial charge in [-0.1, -0.05) is 25.7 Å². The molecule has 0 aromatic carbocycles. The smallest absolute Gasteiger partial charge is 0.250 e. The van der Waals surface area contributed by atoms with Gasteiger partial charge in [-0.25, -0.2) is 0 Å². The van der Waals surface area contributed by atoms with Crippen LogP contribution in [0.15, 0.2) is 0 Å². The summed E-state index contributed by atoms with van der Waals surface area (Å²) in [6, 6.07) is 2.16. The van der Waals surface area contributed by atoms with Crippen molar-refractivity contribution in [3.63, 3.8) is 0 Å². The fourth-order valence-corrected chi connectivity index (χ4v) is 2.46. The molecular formula is C14H22N2O2. The van der Waals surface area contributed by atoms with Crippen LogP contribution < -0.4 is 5.32 Å². The van der Waals surface area contributed by atoms with Crippen LogP contribution >= 0.6 is 0 Å². The van der Waals surface area contributed by atoms with Crippen LogP contribution in [-0.2, 0) is 9.53 Å². The second kappa shape index (κ2) is 5.71. The normalized spacial score (nSPS) is 24.7. The zero-order chi connectivity index (χ0) is 13.0. The summed E-state index contributed by atoms with van der Waals surface area (Å²) in [4.78, 5) is 11.9. The van der Waals surface area contributed by atoms with Crippen molar-refractivity contribution in [1.82, 2.24) is 5.32 Å². The Kier molecular flexibility index (Phi) is 4.23. The Labute approximate surface area is 109 Å². The van der Waals surface area contributed by atoms with Gasteiger partial charge in [0.1, 0.15) is 11.6 Å². The maximum Gasteiger partial charge on any atom is 0.250 e. The molecule has 0 spiro atoms. The first-order chi connectivity index (χ1) is 8.65.